The van der Waals surface area contributed by atoms with Crippen LogP contribution in [-0.2, 0) is 16.0 Å². The molecule has 3 heteroatoms. The van der Waals surface area contributed by atoms with Crippen LogP contribution >= 0.6 is 0 Å². The molecule has 0 fully saturated rings. The van der Waals surface area contributed by atoms with E-state index in [9.17, 15) is 4.79 Å². The lowest BCUT2D eigenvalue weighted by molar-refractivity contribution is -0.142. The first kappa shape index (κ1) is 11.7. The molecule has 0 radical (unpaired) electrons. The zero-order valence-corrected chi connectivity index (χ0v) is 8.85. The van der Waals surface area contributed by atoms with E-state index in [4.69, 9.17) is 5.11 Å². The molecule has 15 heavy (non-hydrogen) atoms. The lowest BCUT2D eigenvalue weighted by Gasteiger charge is -2.12. The van der Waals surface area contributed by atoms with Crippen molar-refractivity contribution in [2.24, 2.45) is 5.92 Å². The smallest absolute Gasteiger partial charge is 0.305 e. The molecule has 82 valence electrons. The first-order valence-electron chi connectivity index (χ1n) is 4.98. The summed E-state index contributed by atoms with van der Waals surface area (Å²) in [6, 6.07) is 9.81. The van der Waals surface area contributed by atoms with E-state index in [2.05, 4.69) is 4.74 Å². The van der Waals surface area contributed by atoms with Crippen LogP contribution < -0.4 is 0 Å². The quantitative estimate of drug-likeness (QED) is 0.744. The molecule has 1 atom stereocenters. The number of esters is 1. The highest BCUT2D eigenvalue weighted by Crippen LogP contribution is 2.12. The lowest BCUT2D eigenvalue weighted by Crippen LogP contribution is -2.15. The third-order valence-electron chi connectivity index (χ3n) is 2.31. The summed E-state index contributed by atoms with van der Waals surface area (Å²) in [6.45, 7) is 0.00396. The van der Waals surface area contributed by atoms with Crippen LogP contribution in [0.1, 0.15) is 12.0 Å². The van der Waals surface area contributed by atoms with Gasteiger partial charge in [0.15, 0.2) is 0 Å². The lowest BCUT2D eigenvalue weighted by atomic mass is 9.97. The standard InChI is InChI=1S/C12H16O3/c1-15-12(14)8-11(9-13)7-10-5-3-2-4-6-10/h2-6,11,13H,7-9H2,1H3/t11-/m1/s1. The summed E-state index contributed by atoms with van der Waals surface area (Å²) < 4.78 is 4.57. The Bertz CT molecular complexity index is 295. The van der Waals surface area contributed by atoms with Gasteiger partial charge in [-0.1, -0.05) is 30.3 Å². The number of aliphatic hydroxyl groups excluding tert-OH is 1. The minimum atomic E-state index is -0.273. The summed E-state index contributed by atoms with van der Waals surface area (Å²) in [6.07, 6.45) is 0.967. The third-order valence-corrected chi connectivity index (χ3v) is 2.31. The predicted octanol–water partition coefficient (Wildman–Crippen LogP) is 1.40. The molecule has 0 heterocycles. The van der Waals surface area contributed by atoms with E-state index in [1.54, 1.807) is 0 Å². The van der Waals surface area contributed by atoms with Gasteiger partial charge in [0.1, 0.15) is 0 Å². The number of aliphatic hydroxyl groups is 1. The molecule has 0 saturated carbocycles. The number of benzene rings is 1. The van der Waals surface area contributed by atoms with Crippen molar-refractivity contribution < 1.29 is 14.6 Å². The van der Waals surface area contributed by atoms with Crippen molar-refractivity contribution in [3.05, 3.63) is 35.9 Å². The van der Waals surface area contributed by atoms with Crippen molar-refractivity contribution in [3.63, 3.8) is 0 Å². The van der Waals surface area contributed by atoms with Gasteiger partial charge in [-0.3, -0.25) is 4.79 Å². The van der Waals surface area contributed by atoms with Gasteiger partial charge in [-0.2, -0.15) is 0 Å². The Hall–Kier alpha value is -1.35. The minimum absolute atomic E-state index is 0.00396. The average molecular weight is 208 g/mol. The minimum Gasteiger partial charge on any atom is -0.469 e. The normalized spacial score (nSPS) is 12.1. The number of methoxy groups -OCH3 is 1. The number of carbonyl (C=O) groups is 1. The van der Waals surface area contributed by atoms with Crippen molar-refractivity contribution in [2.75, 3.05) is 13.7 Å². The number of hydrogen-bond acceptors (Lipinski definition) is 3. The van der Waals surface area contributed by atoms with Gasteiger partial charge in [0, 0.05) is 6.61 Å². The van der Waals surface area contributed by atoms with E-state index in [1.807, 2.05) is 30.3 Å². The van der Waals surface area contributed by atoms with Gasteiger partial charge in [-0.15, -0.1) is 0 Å². The van der Waals surface area contributed by atoms with Crippen molar-refractivity contribution in [1.82, 2.24) is 0 Å². The summed E-state index contributed by atoms with van der Waals surface area (Å²) in [4.78, 5) is 11.0. The molecule has 0 bridgehead atoms. The topological polar surface area (TPSA) is 46.5 Å². The van der Waals surface area contributed by atoms with Gasteiger partial charge < -0.3 is 9.84 Å². The summed E-state index contributed by atoms with van der Waals surface area (Å²) in [5.74, 6) is -0.329. The molecule has 0 aromatic heterocycles. The summed E-state index contributed by atoms with van der Waals surface area (Å²) in [5, 5.41) is 9.12. The molecule has 0 aliphatic heterocycles. The van der Waals surface area contributed by atoms with Crippen molar-refractivity contribution in [3.8, 4) is 0 Å². The molecular formula is C12H16O3. The fraction of sp³-hybridized carbons (Fsp3) is 0.417. The Morgan fingerprint density at radius 3 is 2.60 bits per heavy atom. The van der Waals surface area contributed by atoms with E-state index in [0.717, 1.165) is 5.56 Å². The first-order valence-corrected chi connectivity index (χ1v) is 4.98. The molecule has 0 unspecified atom stereocenters. The average Bonchev–Trinajstić information content (AvgIpc) is 2.29. The molecule has 1 rings (SSSR count). The summed E-state index contributed by atoms with van der Waals surface area (Å²) >= 11 is 0. The number of ether oxygens (including phenoxy) is 1. The van der Waals surface area contributed by atoms with Crippen LogP contribution in [0, 0.1) is 5.92 Å². The Morgan fingerprint density at radius 1 is 1.40 bits per heavy atom. The number of rotatable bonds is 5. The van der Waals surface area contributed by atoms with Crippen molar-refractivity contribution in [1.29, 1.82) is 0 Å². The summed E-state index contributed by atoms with van der Waals surface area (Å²) in [7, 11) is 1.36. The molecule has 0 saturated heterocycles. The van der Waals surface area contributed by atoms with E-state index < -0.39 is 0 Å². The van der Waals surface area contributed by atoms with Gasteiger partial charge in [0.25, 0.3) is 0 Å². The van der Waals surface area contributed by atoms with E-state index in [-0.39, 0.29) is 24.9 Å². The van der Waals surface area contributed by atoms with Crippen LogP contribution in [0.5, 0.6) is 0 Å². The Kier molecular flexibility index (Phi) is 4.84. The monoisotopic (exact) mass is 208 g/mol. The van der Waals surface area contributed by atoms with Gasteiger partial charge in [0.2, 0.25) is 0 Å². The highest BCUT2D eigenvalue weighted by atomic mass is 16.5. The molecule has 1 aromatic carbocycles. The molecular weight excluding hydrogens is 192 g/mol. The molecule has 0 aliphatic rings. The molecule has 0 amide bonds. The maximum Gasteiger partial charge on any atom is 0.305 e. The molecule has 1 N–H and O–H groups in total. The maximum absolute atomic E-state index is 11.0. The van der Waals surface area contributed by atoms with Gasteiger partial charge in [-0.05, 0) is 17.9 Å². The van der Waals surface area contributed by atoms with Crippen molar-refractivity contribution >= 4 is 5.97 Å². The fourth-order valence-corrected chi connectivity index (χ4v) is 1.47. The molecule has 1 aromatic rings. The largest absolute Gasteiger partial charge is 0.469 e. The highest BCUT2D eigenvalue weighted by Gasteiger charge is 2.13. The van der Waals surface area contributed by atoms with Crippen LogP contribution in [0.15, 0.2) is 30.3 Å². The van der Waals surface area contributed by atoms with E-state index in [1.165, 1.54) is 7.11 Å². The first-order chi connectivity index (χ1) is 7.26. The SMILES string of the molecule is COC(=O)C[C@H](CO)Cc1ccccc1. The molecule has 0 aliphatic carbocycles. The van der Waals surface area contributed by atoms with Crippen LogP contribution in [0.2, 0.25) is 0 Å². The molecule has 3 nitrogen and oxygen atoms in total. The summed E-state index contributed by atoms with van der Waals surface area (Å²) in [5.41, 5.74) is 1.13. The van der Waals surface area contributed by atoms with Gasteiger partial charge in [0.05, 0.1) is 13.5 Å². The van der Waals surface area contributed by atoms with Crippen LogP contribution in [0.3, 0.4) is 0 Å². The predicted molar refractivity (Wildman–Crippen MR) is 57.4 cm³/mol. The maximum atomic E-state index is 11.0. The second-order valence-electron chi connectivity index (χ2n) is 3.52. The Balaban J connectivity index is 2.50. The number of hydrogen-bond donors (Lipinski definition) is 1. The second kappa shape index (κ2) is 6.19. The van der Waals surface area contributed by atoms with Crippen LogP contribution in [0.25, 0.3) is 0 Å². The van der Waals surface area contributed by atoms with E-state index >= 15 is 0 Å². The Labute approximate surface area is 89.7 Å². The van der Waals surface area contributed by atoms with Crippen LogP contribution in [-0.4, -0.2) is 24.8 Å². The Morgan fingerprint density at radius 2 is 2.07 bits per heavy atom. The van der Waals surface area contributed by atoms with Crippen LogP contribution in [0.4, 0.5) is 0 Å². The fourth-order valence-electron chi connectivity index (χ4n) is 1.47. The number of carbonyl (C=O) groups excluding carboxylic acids is 1. The highest BCUT2D eigenvalue weighted by molar-refractivity contribution is 5.69. The zero-order valence-electron chi connectivity index (χ0n) is 8.85. The van der Waals surface area contributed by atoms with E-state index in [0.29, 0.717) is 6.42 Å². The zero-order chi connectivity index (χ0) is 11.1. The van der Waals surface area contributed by atoms with Gasteiger partial charge >= 0.3 is 5.97 Å². The third kappa shape index (κ3) is 4.13. The molecule has 0 spiro atoms. The van der Waals surface area contributed by atoms with Gasteiger partial charge in [-0.25, -0.2) is 0 Å². The second-order valence-corrected chi connectivity index (χ2v) is 3.52. The van der Waals surface area contributed by atoms with Crippen molar-refractivity contribution in [2.45, 2.75) is 12.8 Å².